The molecule has 1 fully saturated rings. The lowest BCUT2D eigenvalue weighted by atomic mass is 10.0. The van der Waals surface area contributed by atoms with Crippen molar-refractivity contribution in [3.05, 3.63) is 65.4 Å². The Balaban J connectivity index is 1.49. The number of carbonyl (C=O) groups is 2. The second kappa shape index (κ2) is 6.72. The third kappa shape index (κ3) is 3.44. The molecule has 1 atom stereocenters. The van der Waals surface area contributed by atoms with Gasteiger partial charge in [-0.05, 0) is 42.5 Å². The summed E-state index contributed by atoms with van der Waals surface area (Å²) >= 11 is 1.04. The van der Waals surface area contributed by atoms with Crippen LogP contribution in [0.2, 0.25) is 0 Å². The lowest BCUT2D eigenvalue weighted by molar-refractivity contribution is -0.118. The van der Waals surface area contributed by atoms with Crippen molar-refractivity contribution in [1.29, 1.82) is 0 Å². The number of aryl methyl sites for hydroxylation is 2. The Bertz CT molecular complexity index is 936. The third-order valence-corrected chi connectivity index (χ3v) is 5.27. The third-order valence-electron chi connectivity index (χ3n) is 4.29. The van der Waals surface area contributed by atoms with Gasteiger partial charge in [-0.1, -0.05) is 53.3 Å². The van der Waals surface area contributed by atoms with Crippen LogP contribution < -0.4 is 5.32 Å². The normalized spacial score (nSPS) is 17.2. The van der Waals surface area contributed by atoms with Crippen molar-refractivity contribution in [2.75, 3.05) is 0 Å². The van der Waals surface area contributed by atoms with Crippen LogP contribution in [0.3, 0.4) is 0 Å². The maximum absolute atomic E-state index is 11.7. The fourth-order valence-electron chi connectivity index (χ4n) is 2.99. The Labute approximate surface area is 148 Å². The van der Waals surface area contributed by atoms with E-state index in [0.717, 1.165) is 46.8 Å². The molecule has 0 bridgehead atoms. The van der Waals surface area contributed by atoms with Crippen molar-refractivity contribution in [3.63, 3.8) is 0 Å². The number of carbonyl (C=O) groups excluding carboxylic acids is 2. The molecule has 1 N–H and O–H groups in total. The van der Waals surface area contributed by atoms with Crippen molar-refractivity contribution in [2.24, 2.45) is 0 Å². The maximum atomic E-state index is 11.7. The first-order chi connectivity index (χ1) is 12.2. The van der Waals surface area contributed by atoms with Crippen LogP contribution in [0.15, 0.2) is 53.1 Å². The largest absolute Gasteiger partial charge is 0.356 e. The molecule has 1 aliphatic rings. The zero-order chi connectivity index (χ0) is 17.2. The highest BCUT2D eigenvalue weighted by atomic mass is 32.2. The number of hydrogen-bond donors (Lipinski definition) is 1. The summed E-state index contributed by atoms with van der Waals surface area (Å²) in [5, 5.41) is 6.86. The number of imide groups is 1. The molecule has 0 radical (unpaired) electrons. The summed E-state index contributed by atoms with van der Waals surface area (Å²) in [6.45, 7) is 0. The van der Waals surface area contributed by atoms with E-state index in [1.54, 1.807) is 0 Å². The lowest BCUT2D eigenvalue weighted by Crippen LogP contribution is -2.25. The lowest BCUT2D eigenvalue weighted by Gasteiger charge is -2.05. The van der Waals surface area contributed by atoms with Crippen LogP contribution in [-0.4, -0.2) is 21.6 Å². The van der Waals surface area contributed by atoms with Gasteiger partial charge in [0.1, 0.15) is 0 Å². The average molecular weight is 352 g/mol. The molecule has 1 saturated heterocycles. The van der Waals surface area contributed by atoms with Crippen molar-refractivity contribution < 1.29 is 14.1 Å². The van der Waals surface area contributed by atoms with Crippen LogP contribution in [0.25, 0.3) is 11.0 Å². The topological polar surface area (TPSA) is 72.2 Å². The highest BCUT2D eigenvalue weighted by molar-refractivity contribution is 8.15. The molecule has 2 heterocycles. The highest BCUT2D eigenvalue weighted by Crippen LogP contribution is 2.26. The van der Waals surface area contributed by atoms with Gasteiger partial charge in [0.15, 0.2) is 5.58 Å². The summed E-state index contributed by atoms with van der Waals surface area (Å²) in [6, 6.07) is 16.1. The molecule has 2 aromatic carbocycles. The Morgan fingerprint density at radius 2 is 1.88 bits per heavy atom. The van der Waals surface area contributed by atoms with E-state index in [0.29, 0.717) is 6.42 Å². The molecule has 5 nitrogen and oxygen atoms in total. The van der Waals surface area contributed by atoms with E-state index in [1.807, 2.05) is 36.4 Å². The number of aromatic nitrogens is 1. The first kappa shape index (κ1) is 15.9. The molecule has 1 unspecified atom stereocenters. The van der Waals surface area contributed by atoms with Gasteiger partial charge in [0, 0.05) is 5.39 Å². The monoisotopic (exact) mass is 352 g/mol. The summed E-state index contributed by atoms with van der Waals surface area (Å²) in [5.74, 6) is -0.226. The Hall–Kier alpha value is -2.60. The molecule has 2 amide bonds. The molecule has 6 heteroatoms. The van der Waals surface area contributed by atoms with E-state index < -0.39 is 0 Å². The molecule has 1 aromatic heterocycles. The van der Waals surface area contributed by atoms with Crippen LogP contribution in [-0.2, 0) is 24.1 Å². The molecule has 126 valence electrons. The van der Waals surface area contributed by atoms with Crippen LogP contribution in [0.1, 0.15) is 16.8 Å². The summed E-state index contributed by atoms with van der Waals surface area (Å²) in [7, 11) is 0. The minimum Gasteiger partial charge on any atom is -0.356 e. The highest BCUT2D eigenvalue weighted by Gasteiger charge is 2.31. The smallest absolute Gasteiger partial charge is 0.286 e. The fourth-order valence-corrected chi connectivity index (χ4v) is 3.85. The van der Waals surface area contributed by atoms with Crippen LogP contribution in [0.5, 0.6) is 0 Å². The van der Waals surface area contributed by atoms with Crippen molar-refractivity contribution in [2.45, 2.75) is 24.5 Å². The van der Waals surface area contributed by atoms with E-state index >= 15 is 0 Å². The van der Waals surface area contributed by atoms with Gasteiger partial charge in [-0.2, -0.15) is 0 Å². The summed E-state index contributed by atoms with van der Waals surface area (Å²) in [6.07, 6.45) is 2.22. The fraction of sp³-hybridized carbons (Fsp3) is 0.211. The zero-order valence-corrected chi connectivity index (χ0v) is 14.2. The van der Waals surface area contributed by atoms with Gasteiger partial charge in [-0.25, -0.2) is 0 Å². The first-order valence-corrected chi connectivity index (χ1v) is 8.99. The Morgan fingerprint density at radius 1 is 1.04 bits per heavy atom. The molecule has 0 aliphatic carbocycles. The molecule has 3 aromatic rings. The minimum atomic E-state index is -0.370. The number of nitrogens with one attached hydrogen (secondary N) is 1. The number of rotatable bonds is 5. The predicted molar refractivity (Wildman–Crippen MR) is 96.5 cm³/mol. The van der Waals surface area contributed by atoms with E-state index in [4.69, 9.17) is 4.52 Å². The standard InChI is InChI=1S/C19H16N2O3S/c22-18-17(25-19(23)20-18)11-13-6-8-14-15(21-24-16(14)10-13)9-7-12-4-2-1-3-5-12/h1-6,8,10,17H,7,9,11H2,(H,20,22,23). The summed E-state index contributed by atoms with van der Waals surface area (Å²) in [4.78, 5) is 22.9. The van der Waals surface area contributed by atoms with Gasteiger partial charge >= 0.3 is 0 Å². The predicted octanol–water partition coefficient (Wildman–Crippen LogP) is 3.51. The number of fused-ring (bicyclic) bond motifs is 1. The average Bonchev–Trinajstić information content (AvgIpc) is 3.16. The quantitative estimate of drug-likeness (QED) is 0.761. The number of hydrogen-bond acceptors (Lipinski definition) is 5. The van der Waals surface area contributed by atoms with Crippen LogP contribution in [0.4, 0.5) is 4.79 Å². The van der Waals surface area contributed by atoms with Crippen molar-refractivity contribution >= 4 is 33.9 Å². The molecule has 0 saturated carbocycles. The van der Waals surface area contributed by atoms with Crippen LogP contribution in [0, 0.1) is 0 Å². The van der Waals surface area contributed by atoms with E-state index in [1.165, 1.54) is 5.56 Å². The number of amides is 2. The van der Waals surface area contributed by atoms with Crippen LogP contribution >= 0.6 is 11.8 Å². The molecule has 0 spiro atoms. The van der Waals surface area contributed by atoms with Gasteiger partial charge in [0.2, 0.25) is 5.91 Å². The zero-order valence-electron chi connectivity index (χ0n) is 13.4. The molecular weight excluding hydrogens is 336 g/mol. The van der Waals surface area contributed by atoms with Gasteiger partial charge in [-0.15, -0.1) is 0 Å². The second-order valence-corrected chi connectivity index (χ2v) is 7.21. The van der Waals surface area contributed by atoms with Crippen molar-refractivity contribution in [3.8, 4) is 0 Å². The SMILES string of the molecule is O=C1NC(=O)C(Cc2ccc3c(CCc4ccccc4)noc3c2)S1. The Kier molecular flexibility index (Phi) is 4.28. The first-order valence-electron chi connectivity index (χ1n) is 8.11. The van der Waals surface area contributed by atoms with E-state index in [9.17, 15) is 9.59 Å². The second-order valence-electron chi connectivity index (χ2n) is 6.03. The Morgan fingerprint density at radius 3 is 2.64 bits per heavy atom. The molecule has 25 heavy (non-hydrogen) atoms. The van der Waals surface area contributed by atoms with Gasteiger partial charge < -0.3 is 4.52 Å². The maximum Gasteiger partial charge on any atom is 0.286 e. The minimum absolute atomic E-state index is 0.226. The van der Waals surface area contributed by atoms with Gasteiger partial charge in [0.25, 0.3) is 5.24 Å². The summed E-state index contributed by atoms with van der Waals surface area (Å²) in [5.41, 5.74) is 3.88. The van der Waals surface area contributed by atoms with E-state index in [-0.39, 0.29) is 16.4 Å². The van der Waals surface area contributed by atoms with Gasteiger partial charge in [-0.3, -0.25) is 14.9 Å². The van der Waals surface area contributed by atoms with E-state index in [2.05, 4.69) is 22.6 Å². The van der Waals surface area contributed by atoms with Crippen molar-refractivity contribution in [1.82, 2.24) is 10.5 Å². The van der Waals surface area contributed by atoms with Gasteiger partial charge in [0.05, 0.1) is 10.9 Å². The molecule has 4 rings (SSSR count). The summed E-state index contributed by atoms with van der Waals surface area (Å²) < 4.78 is 5.47. The number of thioether (sulfide) groups is 1. The molecule has 1 aliphatic heterocycles. The molecular formula is C19H16N2O3S. The number of benzene rings is 2. The number of nitrogens with zero attached hydrogens (tertiary/aromatic N) is 1.